The SMILES string of the molecule is NC1CC(N2C(=O)C3CCCC3C2=O)C1. The minimum atomic E-state index is 0.00863. The van der Waals surface area contributed by atoms with Gasteiger partial charge in [-0.15, -0.1) is 0 Å². The lowest BCUT2D eigenvalue weighted by Gasteiger charge is -2.38. The van der Waals surface area contributed by atoms with Crippen LogP contribution >= 0.6 is 0 Å². The third-order valence-corrected chi connectivity index (χ3v) is 4.14. The Bertz CT molecular complexity index is 301. The number of carbonyl (C=O) groups excluding carboxylic acids is 2. The van der Waals surface area contributed by atoms with Crippen molar-refractivity contribution in [2.24, 2.45) is 17.6 Å². The van der Waals surface area contributed by atoms with Crippen molar-refractivity contribution in [3.63, 3.8) is 0 Å². The summed E-state index contributed by atoms with van der Waals surface area (Å²) in [6.45, 7) is 0. The van der Waals surface area contributed by atoms with Crippen LogP contribution in [0.25, 0.3) is 0 Å². The van der Waals surface area contributed by atoms with Gasteiger partial charge in [0.05, 0.1) is 11.8 Å². The molecule has 3 aliphatic rings. The van der Waals surface area contributed by atoms with Crippen LogP contribution in [0.3, 0.4) is 0 Å². The van der Waals surface area contributed by atoms with Crippen molar-refractivity contribution in [2.45, 2.75) is 44.2 Å². The topological polar surface area (TPSA) is 63.4 Å². The van der Waals surface area contributed by atoms with E-state index in [0.29, 0.717) is 0 Å². The van der Waals surface area contributed by atoms with Crippen molar-refractivity contribution in [2.75, 3.05) is 0 Å². The van der Waals surface area contributed by atoms with Crippen molar-refractivity contribution in [3.8, 4) is 0 Å². The Morgan fingerprint density at radius 3 is 2.07 bits per heavy atom. The van der Waals surface area contributed by atoms with Crippen molar-refractivity contribution in [1.29, 1.82) is 0 Å². The molecule has 2 unspecified atom stereocenters. The zero-order valence-electron chi connectivity index (χ0n) is 8.69. The smallest absolute Gasteiger partial charge is 0.233 e. The molecule has 82 valence electrons. The van der Waals surface area contributed by atoms with Gasteiger partial charge in [0.2, 0.25) is 11.8 Å². The maximum absolute atomic E-state index is 12.0. The second kappa shape index (κ2) is 3.04. The van der Waals surface area contributed by atoms with Crippen molar-refractivity contribution >= 4 is 11.8 Å². The number of rotatable bonds is 1. The van der Waals surface area contributed by atoms with Crippen LogP contribution in [0.15, 0.2) is 0 Å². The molecule has 2 aliphatic carbocycles. The van der Waals surface area contributed by atoms with Gasteiger partial charge in [0.15, 0.2) is 0 Å². The minimum Gasteiger partial charge on any atom is -0.328 e. The molecule has 2 saturated carbocycles. The number of amides is 2. The van der Waals surface area contributed by atoms with Crippen LogP contribution in [0.5, 0.6) is 0 Å². The molecule has 0 aromatic heterocycles. The second-order valence-corrected chi connectivity index (χ2v) is 5.08. The molecule has 4 nitrogen and oxygen atoms in total. The monoisotopic (exact) mass is 208 g/mol. The zero-order valence-corrected chi connectivity index (χ0v) is 8.69. The lowest BCUT2D eigenvalue weighted by molar-refractivity contribution is -0.145. The zero-order chi connectivity index (χ0) is 10.6. The van der Waals surface area contributed by atoms with Gasteiger partial charge in [0.25, 0.3) is 0 Å². The second-order valence-electron chi connectivity index (χ2n) is 5.08. The fourth-order valence-corrected chi connectivity index (χ4v) is 3.22. The molecule has 0 radical (unpaired) electrons. The fraction of sp³-hybridized carbons (Fsp3) is 0.818. The first-order valence-electron chi connectivity index (χ1n) is 5.81. The van der Waals surface area contributed by atoms with Crippen LogP contribution in [0.2, 0.25) is 0 Å². The maximum atomic E-state index is 12.0. The third-order valence-electron chi connectivity index (χ3n) is 4.14. The van der Waals surface area contributed by atoms with Gasteiger partial charge in [-0.1, -0.05) is 6.42 Å². The van der Waals surface area contributed by atoms with Crippen LogP contribution in [-0.4, -0.2) is 28.8 Å². The number of likely N-dealkylation sites (tertiary alicyclic amines) is 1. The average Bonchev–Trinajstić information content (AvgIpc) is 2.69. The van der Waals surface area contributed by atoms with E-state index in [-0.39, 0.29) is 35.7 Å². The Hall–Kier alpha value is -0.900. The average molecular weight is 208 g/mol. The summed E-state index contributed by atoms with van der Waals surface area (Å²) in [5, 5.41) is 0. The summed E-state index contributed by atoms with van der Waals surface area (Å²) in [5.41, 5.74) is 5.69. The predicted octanol–water partition coefficient (Wildman–Crippen LogP) is 0.261. The summed E-state index contributed by atoms with van der Waals surface area (Å²) < 4.78 is 0. The highest BCUT2D eigenvalue weighted by molar-refractivity contribution is 6.05. The molecule has 4 heteroatoms. The Balaban J connectivity index is 1.80. The van der Waals surface area contributed by atoms with E-state index in [0.717, 1.165) is 32.1 Å². The number of carbonyl (C=O) groups is 2. The molecule has 2 atom stereocenters. The van der Waals surface area contributed by atoms with Crippen molar-refractivity contribution < 1.29 is 9.59 Å². The summed E-state index contributed by atoms with van der Waals surface area (Å²) in [5.74, 6) is 0.183. The summed E-state index contributed by atoms with van der Waals surface area (Å²) in [6, 6.07) is 0.307. The molecule has 0 bridgehead atoms. The highest BCUT2D eigenvalue weighted by Crippen LogP contribution is 2.42. The van der Waals surface area contributed by atoms with Gasteiger partial charge in [-0.3, -0.25) is 14.5 Å². The molecule has 1 heterocycles. The Labute approximate surface area is 88.8 Å². The largest absolute Gasteiger partial charge is 0.328 e. The number of nitrogens with zero attached hydrogens (tertiary/aromatic N) is 1. The quantitative estimate of drug-likeness (QED) is 0.629. The highest BCUT2D eigenvalue weighted by Gasteiger charge is 2.53. The van der Waals surface area contributed by atoms with E-state index in [9.17, 15) is 9.59 Å². The number of imide groups is 1. The van der Waals surface area contributed by atoms with Crippen LogP contribution in [0.4, 0.5) is 0 Å². The Kier molecular flexibility index (Phi) is 1.89. The van der Waals surface area contributed by atoms with E-state index in [1.165, 1.54) is 4.90 Å². The van der Waals surface area contributed by atoms with E-state index >= 15 is 0 Å². The fourth-order valence-electron chi connectivity index (χ4n) is 3.22. The van der Waals surface area contributed by atoms with Crippen LogP contribution in [0.1, 0.15) is 32.1 Å². The first-order chi connectivity index (χ1) is 7.18. The van der Waals surface area contributed by atoms with Crippen molar-refractivity contribution in [3.05, 3.63) is 0 Å². The normalized spacial score (nSPS) is 44.5. The summed E-state index contributed by atoms with van der Waals surface area (Å²) in [6.07, 6.45) is 4.45. The van der Waals surface area contributed by atoms with E-state index in [1.54, 1.807) is 0 Å². The molecule has 3 fully saturated rings. The van der Waals surface area contributed by atoms with E-state index in [2.05, 4.69) is 0 Å². The molecular formula is C11H16N2O2. The molecule has 15 heavy (non-hydrogen) atoms. The lowest BCUT2D eigenvalue weighted by Crippen LogP contribution is -2.53. The van der Waals surface area contributed by atoms with Gasteiger partial charge in [0.1, 0.15) is 0 Å². The first kappa shape index (κ1) is 9.33. The molecule has 0 aromatic carbocycles. The summed E-state index contributed by atoms with van der Waals surface area (Å²) in [4.78, 5) is 25.5. The number of nitrogens with two attached hydrogens (primary N) is 1. The molecule has 3 rings (SSSR count). The van der Waals surface area contributed by atoms with Gasteiger partial charge >= 0.3 is 0 Å². The van der Waals surface area contributed by atoms with Crippen LogP contribution in [0, 0.1) is 11.8 Å². The molecule has 1 aliphatic heterocycles. The van der Waals surface area contributed by atoms with Gasteiger partial charge < -0.3 is 5.73 Å². The molecular weight excluding hydrogens is 192 g/mol. The maximum Gasteiger partial charge on any atom is 0.233 e. The summed E-state index contributed by atoms with van der Waals surface area (Å²) >= 11 is 0. The summed E-state index contributed by atoms with van der Waals surface area (Å²) in [7, 11) is 0. The van der Waals surface area contributed by atoms with Crippen molar-refractivity contribution in [1.82, 2.24) is 4.90 Å². The molecule has 2 N–H and O–H groups in total. The molecule has 0 spiro atoms. The number of fused-ring (bicyclic) bond motifs is 1. The van der Waals surface area contributed by atoms with Crippen LogP contribution in [-0.2, 0) is 9.59 Å². The first-order valence-corrected chi connectivity index (χ1v) is 5.81. The lowest BCUT2D eigenvalue weighted by atomic mass is 9.86. The van der Waals surface area contributed by atoms with E-state index < -0.39 is 0 Å². The Morgan fingerprint density at radius 2 is 1.60 bits per heavy atom. The van der Waals surface area contributed by atoms with E-state index in [1.807, 2.05) is 0 Å². The molecule has 1 saturated heterocycles. The minimum absolute atomic E-state index is 0.00863. The van der Waals surface area contributed by atoms with Crippen LogP contribution < -0.4 is 5.73 Å². The van der Waals surface area contributed by atoms with Gasteiger partial charge in [-0.2, -0.15) is 0 Å². The van der Waals surface area contributed by atoms with E-state index in [4.69, 9.17) is 5.73 Å². The Morgan fingerprint density at radius 1 is 1.07 bits per heavy atom. The molecule has 2 amide bonds. The number of hydrogen-bond acceptors (Lipinski definition) is 3. The third kappa shape index (κ3) is 1.17. The van der Waals surface area contributed by atoms with Gasteiger partial charge in [0, 0.05) is 12.1 Å². The van der Waals surface area contributed by atoms with Gasteiger partial charge in [-0.05, 0) is 25.7 Å². The highest BCUT2D eigenvalue weighted by atomic mass is 16.2. The van der Waals surface area contributed by atoms with Gasteiger partial charge in [-0.25, -0.2) is 0 Å². The standard InChI is InChI=1S/C11H16N2O2/c12-6-4-7(5-6)13-10(14)8-2-1-3-9(8)11(13)15/h6-9H,1-5,12H2. The molecule has 0 aromatic rings. The predicted molar refractivity (Wildman–Crippen MR) is 53.7 cm³/mol. The number of hydrogen-bond donors (Lipinski definition) is 1.